The van der Waals surface area contributed by atoms with Gasteiger partial charge in [-0.25, -0.2) is 0 Å². The smallest absolute Gasteiger partial charge is 0.221 e. The third-order valence-electron chi connectivity index (χ3n) is 6.50. The van der Waals surface area contributed by atoms with E-state index in [0.29, 0.717) is 158 Å². The number of hydrogen-bond donors (Lipinski definition) is 1. The molecule has 0 aromatic heterocycles. The molecular formula is C37H59NO13. The standard InChI is InChI=1S/C37H59NO13/c1-34(39)38-36-7-9-37(10-8-36)51-32-31-49-28-27-47-24-23-45-20-19-43-16-15-41-12-11-40-13-14-42-17-18-44-21-22-46-25-26-48-29-30-50-33-35-5-3-2-4-6-35/h2-10H,11-33H2,1H3,(H,38,39). The fraction of sp³-hybridized carbons (Fsp3) is 0.649. The summed E-state index contributed by atoms with van der Waals surface area (Å²) in [6.45, 7) is 13.1. The van der Waals surface area contributed by atoms with Crippen LogP contribution in [0.5, 0.6) is 5.75 Å². The largest absolute Gasteiger partial charge is 0.491 e. The molecule has 1 N–H and O–H groups in total. The zero-order valence-corrected chi connectivity index (χ0v) is 30.3. The molecule has 14 nitrogen and oxygen atoms in total. The van der Waals surface area contributed by atoms with Gasteiger partial charge < -0.3 is 62.2 Å². The second-order valence-electron chi connectivity index (χ2n) is 10.7. The molecule has 1 amide bonds. The van der Waals surface area contributed by atoms with Gasteiger partial charge in [-0.05, 0) is 29.8 Å². The molecule has 290 valence electrons. The monoisotopic (exact) mass is 725 g/mol. The Labute approximate surface area is 303 Å². The predicted octanol–water partition coefficient (Wildman–Crippen LogP) is 3.41. The van der Waals surface area contributed by atoms with Crippen molar-refractivity contribution >= 4 is 11.6 Å². The molecule has 0 atom stereocenters. The van der Waals surface area contributed by atoms with Crippen LogP contribution < -0.4 is 10.1 Å². The van der Waals surface area contributed by atoms with Crippen LogP contribution in [0.1, 0.15) is 12.5 Å². The summed E-state index contributed by atoms with van der Waals surface area (Å²) in [6, 6.07) is 17.2. The van der Waals surface area contributed by atoms with E-state index >= 15 is 0 Å². The minimum Gasteiger partial charge on any atom is -0.491 e. The van der Waals surface area contributed by atoms with Gasteiger partial charge in [-0.3, -0.25) is 4.79 Å². The number of carbonyl (C=O) groups excluding carboxylic acids is 1. The van der Waals surface area contributed by atoms with E-state index in [1.165, 1.54) is 6.92 Å². The first-order chi connectivity index (χ1) is 25.2. The van der Waals surface area contributed by atoms with Crippen molar-refractivity contribution in [2.45, 2.75) is 13.5 Å². The Balaban J connectivity index is 1.15. The van der Waals surface area contributed by atoms with Crippen molar-refractivity contribution in [1.82, 2.24) is 0 Å². The highest BCUT2D eigenvalue weighted by Gasteiger charge is 1.99. The highest BCUT2D eigenvalue weighted by atomic mass is 16.6. The van der Waals surface area contributed by atoms with E-state index in [2.05, 4.69) is 5.32 Å². The molecule has 51 heavy (non-hydrogen) atoms. The van der Waals surface area contributed by atoms with Gasteiger partial charge in [0.25, 0.3) is 0 Å². The molecule has 0 aliphatic rings. The molecule has 0 fully saturated rings. The van der Waals surface area contributed by atoms with E-state index in [1.54, 1.807) is 24.3 Å². The second-order valence-corrected chi connectivity index (χ2v) is 10.7. The fourth-order valence-electron chi connectivity index (χ4n) is 4.02. The van der Waals surface area contributed by atoms with Gasteiger partial charge in [0.1, 0.15) is 12.4 Å². The topological polar surface area (TPSA) is 140 Å². The minimum atomic E-state index is -0.108. The van der Waals surface area contributed by atoms with E-state index in [1.807, 2.05) is 30.3 Å². The van der Waals surface area contributed by atoms with Crippen molar-refractivity contribution in [3.63, 3.8) is 0 Å². The summed E-state index contributed by atoms with van der Waals surface area (Å²) in [5.74, 6) is 0.608. The maximum atomic E-state index is 11.0. The number of benzene rings is 2. The van der Waals surface area contributed by atoms with Crippen molar-refractivity contribution in [2.24, 2.45) is 0 Å². The number of amides is 1. The summed E-state index contributed by atoms with van der Waals surface area (Å²) < 4.78 is 66.1. The van der Waals surface area contributed by atoms with Crippen LogP contribution in [-0.2, 0) is 63.5 Å². The number of rotatable bonds is 37. The lowest BCUT2D eigenvalue weighted by Gasteiger charge is -2.09. The second kappa shape index (κ2) is 34.4. The van der Waals surface area contributed by atoms with Crippen molar-refractivity contribution < 1.29 is 61.6 Å². The van der Waals surface area contributed by atoms with Gasteiger partial charge in [-0.15, -0.1) is 0 Å². The highest BCUT2D eigenvalue weighted by Crippen LogP contribution is 2.15. The summed E-state index contributed by atoms with van der Waals surface area (Å²) >= 11 is 0. The van der Waals surface area contributed by atoms with Crippen LogP contribution in [-0.4, -0.2) is 151 Å². The predicted molar refractivity (Wildman–Crippen MR) is 191 cm³/mol. The SMILES string of the molecule is CC(=O)Nc1ccc(OCCOCCOCCOCCOCCOCCOCCOCCOCCOCCOCCOCc2ccccc2)cc1. The summed E-state index contributed by atoms with van der Waals surface area (Å²) in [6.07, 6.45) is 0. The zero-order chi connectivity index (χ0) is 36.1. The number of hydrogen-bond acceptors (Lipinski definition) is 13. The van der Waals surface area contributed by atoms with Crippen molar-refractivity contribution in [1.29, 1.82) is 0 Å². The molecule has 0 aliphatic heterocycles. The lowest BCUT2D eigenvalue weighted by Crippen LogP contribution is -2.15. The molecule has 0 heterocycles. The number of nitrogens with one attached hydrogen (secondary N) is 1. The van der Waals surface area contributed by atoms with E-state index in [0.717, 1.165) is 11.3 Å². The maximum Gasteiger partial charge on any atom is 0.221 e. The summed E-state index contributed by atoms with van der Waals surface area (Å²) in [4.78, 5) is 11.0. The first kappa shape index (κ1) is 44.4. The van der Waals surface area contributed by atoms with Crippen LogP contribution in [0, 0.1) is 0 Å². The van der Waals surface area contributed by atoms with Gasteiger partial charge in [0.2, 0.25) is 5.91 Å². The fourth-order valence-corrected chi connectivity index (χ4v) is 4.02. The Morgan fingerprint density at radius 2 is 0.725 bits per heavy atom. The molecule has 2 aromatic rings. The van der Waals surface area contributed by atoms with Gasteiger partial charge in [0, 0.05) is 12.6 Å². The number of anilines is 1. The van der Waals surface area contributed by atoms with Gasteiger partial charge in [-0.1, -0.05) is 30.3 Å². The Morgan fingerprint density at radius 3 is 1.06 bits per heavy atom. The van der Waals surface area contributed by atoms with Gasteiger partial charge in [-0.2, -0.15) is 0 Å². The molecule has 0 radical (unpaired) electrons. The Bertz CT molecular complexity index is 1030. The molecule has 14 heteroatoms. The molecular weight excluding hydrogens is 666 g/mol. The van der Waals surface area contributed by atoms with Gasteiger partial charge >= 0.3 is 0 Å². The number of carbonyl (C=O) groups is 1. The molecule has 0 aliphatic carbocycles. The summed E-state index contributed by atoms with van der Waals surface area (Å²) in [5.41, 5.74) is 1.89. The van der Waals surface area contributed by atoms with Crippen LogP contribution >= 0.6 is 0 Å². The molecule has 0 saturated heterocycles. The maximum absolute atomic E-state index is 11.0. The Morgan fingerprint density at radius 1 is 0.412 bits per heavy atom. The average Bonchev–Trinajstić information content (AvgIpc) is 3.14. The quantitative estimate of drug-likeness (QED) is 0.102. The van der Waals surface area contributed by atoms with Crippen molar-refractivity contribution in [2.75, 3.05) is 151 Å². The summed E-state index contributed by atoms with van der Waals surface area (Å²) in [5, 5.41) is 2.71. The molecule has 0 bridgehead atoms. The lowest BCUT2D eigenvalue weighted by molar-refractivity contribution is -0.114. The Hall–Kier alpha value is -2.73. The number of ether oxygens (including phenoxy) is 12. The van der Waals surface area contributed by atoms with E-state index in [9.17, 15) is 4.79 Å². The van der Waals surface area contributed by atoms with Crippen LogP contribution in [0.2, 0.25) is 0 Å². The highest BCUT2D eigenvalue weighted by molar-refractivity contribution is 5.88. The van der Waals surface area contributed by atoms with E-state index in [4.69, 9.17) is 56.8 Å². The minimum absolute atomic E-state index is 0.108. The van der Waals surface area contributed by atoms with E-state index in [-0.39, 0.29) is 5.91 Å². The molecule has 2 rings (SSSR count). The first-order valence-corrected chi connectivity index (χ1v) is 17.6. The van der Waals surface area contributed by atoms with Gasteiger partial charge in [0.15, 0.2) is 0 Å². The average molecular weight is 726 g/mol. The molecule has 2 aromatic carbocycles. The van der Waals surface area contributed by atoms with Crippen LogP contribution in [0.15, 0.2) is 54.6 Å². The van der Waals surface area contributed by atoms with Crippen LogP contribution in [0.3, 0.4) is 0 Å². The molecule has 0 unspecified atom stereocenters. The van der Waals surface area contributed by atoms with Crippen molar-refractivity contribution in [3.8, 4) is 5.75 Å². The summed E-state index contributed by atoms with van der Waals surface area (Å²) in [7, 11) is 0. The lowest BCUT2D eigenvalue weighted by atomic mass is 10.2. The third kappa shape index (κ3) is 29.5. The van der Waals surface area contributed by atoms with E-state index < -0.39 is 0 Å². The van der Waals surface area contributed by atoms with Crippen LogP contribution in [0.4, 0.5) is 5.69 Å². The molecule has 0 saturated carbocycles. The van der Waals surface area contributed by atoms with Crippen LogP contribution in [0.25, 0.3) is 0 Å². The Kier molecular flexibility index (Phi) is 29.9. The third-order valence-corrected chi connectivity index (χ3v) is 6.50. The first-order valence-electron chi connectivity index (χ1n) is 17.6. The zero-order valence-electron chi connectivity index (χ0n) is 30.3. The van der Waals surface area contributed by atoms with Crippen molar-refractivity contribution in [3.05, 3.63) is 60.2 Å². The normalized spacial score (nSPS) is 11.2. The molecule has 0 spiro atoms. The van der Waals surface area contributed by atoms with Gasteiger partial charge in [0.05, 0.1) is 145 Å².